The van der Waals surface area contributed by atoms with Crippen LogP contribution in [0.3, 0.4) is 0 Å². The molecule has 26 heavy (non-hydrogen) atoms. The molecule has 0 unspecified atom stereocenters. The van der Waals surface area contributed by atoms with Gasteiger partial charge in [-0.05, 0) is 18.6 Å². The number of ether oxygens (including phenoxy) is 3. The highest BCUT2D eigenvalue weighted by Crippen LogP contribution is 2.39. The lowest BCUT2D eigenvalue weighted by Gasteiger charge is -2.36. The standard InChI is InChI=1S/C19H19NO6/c1-2-24-18(22)12-8-16-17(14(21)9-15(12)26-16)20-13(10-25-19(20)23)11-6-4-3-5-7-11/h3-8,13,15-17H,2,9-10H2,1H3/t13-,15-,16-,17-/m0/s1. The molecule has 3 aliphatic rings. The van der Waals surface area contributed by atoms with Gasteiger partial charge in [-0.15, -0.1) is 0 Å². The molecule has 0 radical (unpaired) electrons. The third-order valence-electron chi connectivity index (χ3n) is 4.95. The van der Waals surface area contributed by atoms with Crippen molar-refractivity contribution in [2.75, 3.05) is 13.2 Å². The fourth-order valence-electron chi connectivity index (χ4n) is 3.80. The predicted molar refractivity (Wildman–Crippen MR) is 89.2 cm³/mol. The van der Waals surface area contributed by atoms with Crippen molar-refractivity contribution in [3.8, 4) is 0 Å². The Hall–Kier alpha value is -2.67. The molecule has 7 nitrogen and oxygen atoms in total. The van der Waals surface area contributed by atoms with Crippen LogP contribution in [0.1, 0.15) is 24.9 Å². The Bertz CT molecular complexity index is 773. The molecule has 4 atom stereocenters. The van der Waals surface area contributed by atoms with E-state index in [2.05, 4.69) is 0 Å². The van der Waals surface area contributed by atoms with E-state index >= 15 is 0 Å². The quantitative estimate of drug-likeness (QED) is 0.764. The highest BCUT2D eigenvalue weighted by atomic mass is 16.6. The molecule has 2 saturated heterocycles. The fourth-order valence-corrected chi connectivity index (χ4v) is 3.80. The first-order valence-electron chi connectivity index (χ1n) is 8.67. The molecule has 1 aromatic rings. The lowest BCUT2D eigenvalue weighted by Crippen LogP contribution is -2.53. The van der Waals surface area contributed by atoms with Crippen molar-refractivity contribution in [2.45, 2.75) is 37.6 Å². The number of cyclic esters (lactones) is 1. The molecular formula is C19H19NO6. The average Bonchev–Trinajstić information content (AvgIpc) is 3.18. The van der Waals surface area contributed by atoms with Crippen LogP contribution in [0, 0.1) is 0 Å². The average molecular weight is 357 g/mol. The molecule has 2 fully saturated rings. The van der Waals surface area contributed by atoms with Gasteiger partial charge in [-0.1, -0.05) is 30.3 Å². The van der Waals surface area contributed by atoms with Crippen LogP contribution in [0.2, 0.25) is 0 Å². The molecule has 0 aliphatic carbocycles. The van der Waals surface area contributed by atoms with E-state index in [-0.39, 0.29) is 31.5 Å². The number of hydrogen-bond acceptors (Lipinski definition) is 6. The normalized spacial score (nSPS) is 30.2. The van der Waals surface area contributed by atoms with E-state index in [0.717, 1.165) is 5.56 Å². The molecule has 2 bridgehead atoms. The van der Waals surface area contributed by atoms with Crippen molar-refractivity contribution in [1.82, 2.24) is 4.90 Å². The Morgan fingerprint density at radius 2 is 2.04 bits per heavy atom. The van der Waals surface area contributed by atoms with Gasteiger partial charge in [0.25, 0.3) is 0 Å². The van der Waals surface area contributed by atoms with Crippen LogP contribution in [0.4, 0.5) is 4.79 Å². The number of fused-ring (bicyclic) bond motifs is 2. The number of esters is 1. The number of rotatable bonds is 4. The highest BCUT2D eigenvalue weighted by Gasteiger charge is 2.52. The van der Waals surface area contributed by atoms with Gasteiger partial charge in [0.1, 0.15) is 18.8 Å². The molecule has 0 spiro atoms. The monoisotopic (exact) mass is 357 g/mol. The summed E-state index contributed by atoms with van der Waals surface area (Å²) in [4.78, 5) is 38.7. The summed E-state index contributed by atoms with van der Waals surface area (Å²) in [5, 5.41) is 0. The molecule has 1 aromatic carbocycles. The second kappa shape index (κ2) is 6.57. The van der Waals surface area contributed by atoms with Gasteiger partial charge in [-0.25, -0.2) is 9.59 Å². The van der Waals surface area contributed by atoms with Gasteiger partial charge in [-0.2, -0.15) is 0 Å². The molecular weight excluding hydrogens is 338 g/mol. The van der Waals surface area contributed by atoms with Crippen LogP contribution < -0.4 is 0 Å². The highest BCUT2D eigenvalue weighted by molar-refractivity contribution is 5.96. The van der Waals surface area contributed by atoms with Crippen LogP contribution in [-0.4, -0.2) is 54.2 Å². The first kappa shape index (κ1) is 16.8. The molecule has 3 aliphatic heterocycles. The van der Waals surface area contributed by atoms with Gasteiger partial charge in [0, 0.05) is 6.42 Å². The third-order valence-corrected chi connectivity index (χ3v) is 4.95. The minimum Gasteiger partial charge on any atom is -0.463 e. The smallest absolute Gasteiger partial charge is 0.411 e. The van der Waals surface area contributed by atoms with Crippen LogP contribution in [0.25, 0.3) is 0 Å². The van der Waals surface area contributed by atoms with Crippen LogP contribution >= 0.6 is 0 Å². The van der Waals surface area contributed by atoms with Crippen molar-refractivity contribution >= 4 is 17.8 Å². The minimum absolute atomic E-state index is 0.0388. The Morgan fingerprint density at radius 3 is 2.77 bits per heavy atom. The third kappa shape index (κ3) is 2.68. The van der Waals surface area contributed by atoms with Gasteiger partial charge in [0.15, 0.2) is 5.78 Å². The summed E-state index contributed by atoms with van der Waals surface area (Å²) >= 11 is 0. The SMILES string of the molecule is CCOC(=O)C1=C[C@@H]2O[C@H]1CC(=O)[C@@H]2N1C(=O)OC[C@H]1c1ccccc1. The summed E-state index contributed by atoms with van der Waals surface area (Å²) in [5.41, 5.74) is 1.25. The van der Waals surface area contributed by atoms with E-state index in [9.17, 15) is 14.4 Å². The number of ketones is 1. The van der Waals surface area contributed by atoms with Crippen LogP contribution in [0.15, 0.2) is 42.0 Å². The molecule has 0 aromatic heterocycles. The van der Waals surface area contributed by atoms with Crippen LogP contribution in [-0.2, 0) is 23.8 Å². The second-order valence-electron chi connectivity index (χ2n) is 6.46. The van der Waals surface area contributed by atoms with Gasteiger partial charge < -0.3 is 14.2 Å². The van der Waals surface area contributed by atoms with Crippen LogP contribution in [0.5, 0.6) is 0 Å². The maximum absolute atomic E-state index is 12.8. The van der Waals surface area contributed by atoms with E-state index in [0.29, 0.717) is 5.57 Å². The first-order chi connectivity index (χ1) is 12.6. The van der Waals surface area contributed by atoms with E-state index in [1.165, 1.54) is 4.90 Å². The fraction of sp³-hybridized carbons (Fsp3) is 0.421. The maximum atomic E-state index is 12.8. The van der Waals surface area contributed by atoms with E-state index in [1.807, 2.05) is 30.3 Å². The van der Waals surface area contributed by atoms with Gasteiger partial charge in [0.05, 0.1) is 24.3 Å². The van der Waals surface area contributed by atoms with Crippen molar-refractivity contribution in [2.24, 2.45) is 0 Å². The van der Waals surface area contributed by atoms with E-state index in [1.54, 1.807) is 13.0 Å². The molecule has 1 amide bonds. The Labute approximate surface area is 150 Å². The molecule has 0 saturated carbocycles. The summed E-state index contributed by atoms with van der Waals surface area (Å²) in [5.74, 6) is -0.612. The number of carbonyl (C=O) groups is 3. The van der Waals surface area contributed by atoms with Gasteiger partial charge in [0.2, 0.25) is 0 Å². The minimum atomic E-state index is -0.807. The lowest BCUT2D eigenvalue weighted by molar-refractivity contribution is -0.143. The zero-order valence-electron chi connectivity index (χ0n) is 14.3. The summed E-state index contributed by atoms with van der Waals surface area (Å²) in [7, 11) is 0. The number of carbonyl (C=O) groups excluding carboxylic acids is 3. The molecule has 136 valence electrons. The molecule has 0 N–H and O–H groups in total. The number of hydrogen-bond donors (Lipinski definition) is 0. The van der Waals surface area contributed by atoms with Crippen molar-refractivity contribution in [3.63, 3.8) is 0 Å². The molecule has 4 rings (SSSR count). The summed E-state index contributed by atoms with van der Waals surface area (Å²) in [6, 6.07) is 8.25. The predicted octanol–water partition coefficient (Wildman–Crippen LogP) is 1.78. The van der Waals surface area contributed by atoms with Crippen molar-refractivity contribution < 1.29 is 28.6 Å². The molecule has 3 heterocycles. The number of nitrogens with zero attached hydrogens (tertiary/aromatic N) is 1. The summed E-state index contributed by atoms with van der Waals surface area (Å²) in [6.07, 6.45) is -0.158. The second-order valence-corrected chi connectivity index (χ2v) is 6.46. The summed E-state index contributed by atoms with van der Waals surface area (Å²) < 4.78 is 16.1. The van der Waals surface area contributed by atoms with Gasteiger partial charge >= 0.3 is 12.1 Å². The first-order valence-corrected chi connectivity index (χ1v) is 8.67. The summed E-state index contributed by atoms with van der Waals surface area (Å²) in [6.45, 7) is 2.15. The molecule has 7 heteroatoms. The number of Topliss-reactive ketones (excluding diaryl/α,β-unsaturated/α-hetero) is 1. The number of amides is 1. The largest absolute Gasteiger partial charge is 0.463 e. The van der Waals surface area contributed by atoms with E-state index < -0.39 is 30.3 Å². The van der Waals surface area contributed by atoms with Crippen molar-refractivity contribution in [3.05, 3.63) is 47.5 Å². The lowest BCUT2D eigenvalue weighted by atomic mass is 9.96. The van der Waals surface area contributed by atoms with E-state index in [4.69, 9.17) is 14.2 Å². The Balaban J connectivity index is 1.65. The maximum Gasteiger partial charge on any atom is 0.411 e. The zero-order valence-corrected chi connectivity index (χ0v) is 14.3. The Morgan fingerprint density at radius 1 is 1.27 bits per heavy atom. The Kier molecular flexibility index (Phi) is 4.24. The van der Waals surface area contributed by atoms with Crippen molar-refractivity contribution in [1.29, 1.82) is 0 Å². The number of benzene rings is 1. The zero-order chi connectivity index (χ0) is 18.3. The van der Waals surface area contributed by atoms with Gasteiger partial charge in [-0.3, -0.25) is 9.69 Å². The topological polar surface area (TPSA) is 82.1 Å².